The van der Waals surface area contributed by atoms with Gasteiger partial charge in [0, 0.05) is 54.7 Å². The minimum absolute atomic E-state index is 0.0433. The molecule has 2 N–H and O–H groups in total. The molecule has 3 atom stereocenters. The molecular weight excluding hydrogens is 460 g/mol. The summed E-state index contributed by atoms with van der Waals surface area (Å²) in [6.45, 7) is 7.87. The van der Waals surface area contributed by atoms with E-state index in [-0.39, 0.29) is 31.2 Å². The molecule has 0 aliphatic carbocycles. The maximum Gasteiger partial charge on any atom is 0.164 e. The molecule has 0 bridgehead atoms. The van der Waals surface area contributed by atoms with E-state index < -0.39 is 12.3 Å². The van der Waals surface area contributed by atoms with E-state index in [0.717, 1.165) is 48.6 Å². The summed E-state index contributed by atoms with van der Waals surface area (Å²) in [5, 5.41) is 11.0. The maximum atomic E-state index is 15.4. The fourth-order valence-corrected chi connectivity index (χ4v) is 5.59. The van der Waals surface area contributed by atoms with Crippen molar-refractivity contribution in [2.24, 2.45) is 5.92 Å². The van der Waals surface area contributed by atoms with E-state index in [2.05, 4.69) is 40.4 Å². The summed E-state index contributed by atoms with van der Waals surface area (Å²) in [5.74, 6) is 0.949. The van der Waals surface area contributed by atoms with Crippen molar-refractivity contribution in [1.29, 1.82) is 0 Å². The minimum atomic E-state index is -1.89. The summed E-state index contributed by atoms with van der Waals surface area (Å²) in [5.41, 5.74) is 2.52. The summed E-state index contributed by atoms with van der Waals surface area (Å²) in [4.78, 5) is 7.92. The number of aromatic nitrogens is 1. The van der Waals surface area contributed by atoms with Gasteiger partial charge in [0.05, 0.1) is 19.3 Å². The summed E-state index contributed by atoms with van der Waals surface area (Å²) in [6, 6.07) is 16.1. The molecule has 5 nitrogen and oxygen atoms in total. The summed E-state index contributed by atoms with van der Waals surface area (Å²) < 4.78 is 33.9. The zero-order valence-electron chi connectivity index (χ0n) is 20.8. The molecule has 0 amide bonds. The van der Waals surface area contributed by atoms with Crippen LogP contribution in [0.5, 0.6) is 5.75 Å². The highest BCUT2D eigenvalue weighted by Gasteiger charge is 2.40. The van der Waals surface area contributed by atoms with Gasteiger partial charge in [-0.05, 0) is 42.7 Å². The second kappa shape index (κ2) is 10.3. The number of aliphatic hydroxyl groups is 1. The monoisotopic (exact) mass is 495 g/mol. The first-order chi connectivity index (χ1) is 17.4. The lowest BCUT2D eigenvalue weighted by Crippen LogP contribution is -2.50. The number of aromatic amines is 1. The highest BCUT2D eigenvalue weighted by molar-refractivity contribution is 5.85. The number of nitrogens with zero attached hydrogens (tertiary/aromatic N) is 2. The van der Waals surface area contributed by atoms with Gasteiger partial charge in [0.25, 0.3) is 0 Å². The Kier molecular flexibility index (Phi) is 7.15. The minimum Gasteiger partial charge on any atom is -0.492 e. The third-order valence-electron chi connectivity index (χ3n) is 7.71. The number of halogens is 2. The van der Waals surface area contributed by atoms with Gasteiger partial charge in [-0.2, -0.15) is 0 Å². The van der Waals surface area contributed by atoms with Gasteiger partial charge in [-0.15, -0.1) is 0 Å². The first kappa shape index (κ1) is 24.9. The van der Waals surface area contributed by atoms with Gasteiger partial charge in [-0.1, -0.05) is 43.0 Å². The molecule has 1 aromatic heterocycles. The fourth-order valence-electron chi connectivity index (χ4n) is 5.59. The van der Waals surface area contributed by atoms with Crippen molar-refractivity contribution in [2.45, 2.75) is 31.1 Å². The van der Waals surface area contributed by atoms with Gasteiger partial charge in [0.2, 0.25) is 0 Å². The Morgan fingerprint density at radius 1 is 1.19 bits per heavy atom. The van der Waals surface area contributed by atoms with Crippen LogP contribution in [0.15, 0.2) is 61.2 Å². The fraction of sp³-hybridized carbons (Fsp3) is 0.448. The number of H-pyrrole nitrogens is 1. The molecule has 0 radical (unpaired) electrons. The van der Waals surface area contributed by atoms with Gasteiger partial charge in [0.15, 0.2) is 5.67 Å². The van der Waals surface area contributed by atoms with Crippen LogP contribution < -0.4 is 4.74 Å². The van der Waals surface area contributed by atoms with Gasteiger partial charge in [0.1, 0.15) is 12.4 Å². The average Bonchev–Trinajstić information content (AvgIpc) is 3.24. The van der Waals surface area contributed by atoms with Crippen LogP contribution in [0.1, 0.15) is 29.8 Å². The summed E-state index contributed by atoms with van der Waals surface area (Å²) in [7, 11) is 0. The van der Waals surface area contributed by atoms with Crippen LogP contribution in [0.2, 0.25) is 0 Å². The largest absolute Gasteiger partial charge is 0.492 e. The number of rotatable bonds is 10. The Morgan fingerprint density at radius 3 is 2.64 bits per heavy atom. The number of para-hydroxylation sites is 1. The molecule has 1 unspecified atom stereocenters. The SMILES string of the molecule is C=C[C@](F)(CO)CN1C(c2ccc(OCCN3CC(CF)C3)cc2)c2[nH]c3ccccc3c2C[C@H]1C. The third-order valence-corrected chi connectivity index (χ3v) is 7.71. The molecule has 2 aromatic carbocycles. The van der Waals surface area contributed by atoms with Crippen LogP contribution >= 0.6 is 0 Å². The van der Waals surface area contributed by atoms with Crippen LogP contribution in [0.25, 0.3) is 10.9 Å². The highest BCUT2D eigenvalue weighted by Crippen LogP contribution is 2.42. The van der Waals surface area contributed by atoms with E-state index in [1.807, 2.05) is 36.4 Å². The van der Waals surface area contributed by atoms with Crippen LogP contribution in [0, 0.1) is 5.92 Å². The molecule has 192 valence electrons. The number of alkyl halides is 2. The zero-order valence-corrected chi connectivity index (χ0v) is 20.8. The van der Waals surface area contributed by atoms with Crippen molar-refractivity contribution in [1.82, 2.24) is 14.8 Å². The lowest BCUT2D eigenvalue weighted by Gasteiger charge is -2.43. The Balaban J connectivity index is 1.40. The molecule has 3 heterocycles. The Labute approximate surface area is 211 Å². The standard InChI is InChI=1S/C29H35F2N3O2/c1-3-29(31,19-35)18-34-20(2)14-25-24-6-4-5-7-26(24)32-27(25)28(34)22-8-10-23(11-9-22)36-13-12-33-16-21(15-30)17-33/h3-11,20-21,28,32,35H,1,12-19H2,2H3/t20-,28?,29-/m1/s1. The molecule has 2 aliphatic rings. The zero-order chi connectivity index (χ0) is 25.3. The van der Waals surface area contributed by atoms with Crippen molar-refractivity contribution < 1.29 is 18.6 Å². The molecule has 5 rings (SSSR count). The smallest absolute Gasteiger partial charge is 0.164 e. The van der Waals surface area contributed by atoms with Crippen molar-refractivity contribution >= 4 is 10.9 Å². The van der Waals surface area contributed by atoms with Crippen molar-refractivity contribution in [3.8, 4) is 5.75 Å². The quantitative estimate of drug-likeness (QED) is 0.402. The molecule has 36 heavy (non-hydrogen) atoms. The van der Waals surface area contributed by atoms with E-state index in [1.54, 1.807) is 0 Å². The van der Waals surface area contributed by atoms with Crippen molar-refractivity contribution in [3.05, 3.63) is 78.0 Å². The third kappa shape index (κ3) is 4.80. The first-order valence-corrected chi connectivity index (χ1v) is 12.7. The number of fused-ring (bicyclic) bond motifs is 3. The number of likely N-dealkylation sites (tertiary alicyclic amines) is 1. The molecule has 3 aromatic rings. The van der Waals surface area contributed by atoms with E-state index in [4.69, 9.17) is 4.74 Å². The van der Waals surface area contributed by atoms with Crippen LogP contribution in [0.4, 0.5) is 8.78 Å². The number of nitrogens with one attached hydrogen (secondary N) is 1. The van der Waals surface area contributed by atoms with E-state index in [1.165, 1.54) is 17.0 Å². The summed E-state index contributed by atoms with van der Waals surface area (Å²) in [6.07, 6.45) is 2.00. The predicted molar refractivity (Wildman–Crippen MR) is 139 cm³/mol. The van der Waals surface area contributed by atoms with Gasteiger partial charge < -0.3 is 14.8 Å². The lowest BCUT2D eigenvalue weighted by atomic mass is 9.87. The Hall–Kier alpha value is -2.74. The molecular formula is C29H35F2N3O2. The number of benzene rings is 2. The van der Waals surface area contributed by atoms with Crippen LogP contribution in [0.3, 0.4) is 0 Å². The second-order valence-corrected chi connectivity index (χ2v) is 10.3. The normalized spacial score (nSPS) is 22.7. The predicted octanol–water partition coefficient (Wildman–Crippen LogP) is 4.67. The molecule has 2 aliphatic heterocycles. The molecule has 1 saturated heterocycles. The highest BCUT2D eigenvalue weighted by atomic mass is 19.1. The number of ether oxygens (including phenoxy) is 1. The van der Waals surface area contributed by atoms with E-state index in [0.29, 0.717) is 6.61 Å². The second-order valence-electron chi connectivity index (χ2n) is 10.3. The van der Waals surface area contributed by atoms with Crippen molar-refractivity contribution in [3.63, 3.8) is 0 Å². The van der Waals surface area contributed by atoms with Gasteiger partial charge in [-0.25, -0.2) is 4.39 Å². The van der Waals surface area contributed by atoms with Crippen molar-refractivity contribution in [2.75, 3.05) is 46.1 Å². The van der Waals surface area contributed by atoms with Crippen LogP contribution in [-0.2, 0) is 6.42 Å². The lowest BCUT2D eigenvalue weighted by molar-refractivity contribution is 0.0356. The molecule has 1 fully saturated rings. The number of hydrogen-bond acceptors (Lipinski definition) is 4. The average molecular weight is 496 g/mol. The van der Waals surface area contributed by atoms with E-state index in [9.17, 15) is 9.50 Å². The van der Waals surface area contributed by atoms with Crippen LogP contribution in [-0.4, -0.2) is 77.7 Å². The summed E-state index contributed by atoms with van der Waals surface area (Å²) >= 11 is 0. The molecule has 0 saturated carbocycles. The van der Waals surface area contributed by atoms with E-state index >= 15 is 4.39 Å². The topological polar surface area (TPSA) is 51.7 Å². The number of hydrogen-bond donors (Lipinski definition) is 2. The molecule has 7 heteroatoms. The van der Waals surface area contributed by atoms with Gasteiger partial charge >= 0.3 is 0 Å². The van der Waals surface area contributed by atoms with Gasteiger partial charge in [-0.3, -0.25) is 14.2 Å². The Morgan fingerprint density at radius 2 is 1.94 bits per heavy atom. The first-order valence-electron chi connectivity index (χ1n) is 12.7. The number of aliphatic hydroxyl groups excluding tert-OH is 1. The maximum absolute atomic E-state index is 15.4. The Bertz CT molecular complexity index is 1190. The molecule has 0 spiro atoms.